The van der Waals surface area contributed by atoms with Crippen LogP contribution in [0, 0.1) is 0 Å². The van der Waals surface area contributed by atoms with Crippen molar-refractivity contribution in [2.24, 2.45) is 14.1 Å². The van der Waals surface area contributed by atoms with Crippen molar-refractivity contribution in [2.75, 3.05) is 4.90 Å². The summed E-state index contributed by atoms with van der Waals surface area (Å²) in [5, 5.41) is 2.64. The van der Waals surface area contributed by atoms with Crippen LogP contribution in [0.3, 0.4) is 0 Å². The fourth-order valence-electron chi connectivity index (χ4n) is 8.69. The molecule has 0 saturated heterocycles. The molecule has 0 bridgehead atoms. The number of nitrogens with zero attached hydrogens (tertiary/aromatic N) is 3. The van der Waals surface area contributed by atoms with Gasteiger partial charge < -0.3 is 9.13 Å². The standard InChI is InChI=1S/C44H57N3/c1-40(2,3)30-14-16-31(17-15-30)47(38-24-28-22-32-34(26-36(28)45(38)12)43(8,9)20-18-41(32,4)5)39-25-29-23-33-35(27-37(29)46(39)13)44(10,11)21-19-42(33,6)7/h14-17,22-27H,18-21H2,1-13H3. The van der Waals surface area contributed by atoms with Crippen LogP contribution in [0.5, 0.6) is 0 Å². The summed E-state index contributed by atoms with van der Waals surface area (Å²) in [4.78, 5) is 2.50. The molecule has 0 fully saturated rings. The van der Waals surface area contributed by atoms with Crippen LogP contribution < -0.4 is 4.90 Å². The number of hydrogen-bond acceptors (Lipinski definition) is 1. The van der Waals surface area contributed by atoms with E-state index in [-0.39, 0.29) is 27.1 Å². The summed E-state index contributed by atoms with van der Waals surface area (Å²) in [6.45, 7) is 26.3. The fraction of sp³-hybridized carbons (Fsp3) is 0.500. The Labute approximate surface area is 284 Å². The van der Waals surface area contributed by atoms with Gasteiger partial charge in [-0.3, -0.25) is 4.90 Å². The Hall–Kier alpha value is -3.46. The molecule has 3 nitrogen and oxygen atoms in total. The number of hydrogen-bond donors (Lipinski definition) is 0. The molecule has 0 radical (unpaired) electrons. The summed E-state index contributed by atoms with van der Waals surface area (Å²) in [6, 6.07) is 24.2. The van der Waals surface area contributed by atoms with Gasteiger partial charge >= 0.3 is 0 Å². The maximum absolute atomic E-state index is 2.51. The molecule has 47 heavy (non-hydrogen) atoms. The van der Waals surface area contributed by atoms with E-state index in [0.29, 0.717) is 0 Å². The van der Waals surface area contributed by atoms with E-state index in [0.717, 1.165) is 0 Å². The molecule has 0 unspecified atom stereocenters. The molecule has 2 heterocycles. The Kier molecular flexibility index (Phi) is 6.85. The third-order valence-corrected chi connectivity index (χ3v) is 12.4. The number of rotatable bonds is 3. The van der Waals surface area contributed by atoms with Crippen LogP contribution in [0.2, 0.25) is 0 Å². The molecule has 2 aliphatic rings. The van der Waals surface area contributed by atoms with Crippen LogP contribution in [-0.4, -0.2) is 9.13 Å². The van der Waals surface area contributed by atoms with Gasteiger partial charge in [-0.15, -0.1) is 0 Å². The topological polar surface area (TPSA) is 13.1 Å². The summed E-state index contributed by atoms with van der Waals surface area (Å²) in [5.74, 6) is 2.38. The third kappa shape index (κ3) is 4.98. The van der Waals surface area contributed by atoms with E-state index in [2.05, 4.69) is 165 Å². The molecule has 2 aromatic heterocycles. The molecule has 7 rings (SSSR count). The minimum Gasteiger partial charge on any atom is -0.330 e. The molecule has 0 saturated carbocycles. The lowest BCUT2D eigenvalue weighted by Gasteiger charge is -2.42. The number of fused-ring (bicyclic) bond motifs is 4. The SMILES string of the molecule is Cn1c(N(c2ccc(C(C)(C)C)cc2)c2cc3cc4c(cc3n2C)C(C)(C)CCC4(C)C)cc2cc3c(cc21)C(C)(C)CCC3(C)C. The van der Waals surface area contributed by atoms with E-state index in [9.17, 15) is 0 Å². The fourth-order valence-corrected chi connectivity index (χ4v) is 8.69. The average molecular weight is 628 g/mol. The highest BCUT2D eigenvalue weighted by Gasteiger charge is 2.39. The highest BCUT2D eigenvalue weighted by Crippen LogP contribution is 2.50. The first kappa shape index (κ1) is 32.1. The minimum absolute atomic E-state index is 0.0972. The molecule has 3 aromatic carbocycles. The van der Waals surface area contributed by atoms with Crippen molar-refractivity contribution in [2.45, 2.75) is 129 Å². The number of aromatic nitrogens is 2. The number of benzene rings is 3. The predicted molar refractivity (Wildman–Crippen MR) is 203 cm³/mol. The Morgan fingerprint density at radius 1 is 0.511 bits per heavy atom. The van der Waals surface area contributed by atoms with Gasteiger partial charge in [-0.1, -0.05) is 88.3 Å². The average Bonchev–Trinajstić information content (AvgIpc) is 3.48. The van der Waals surface area contributed by atoms with E-state index in [1.807, 2.05) is 0 Å². The van der Waals surface area contributed by atoms with Crippen LogP contribution >= 0.6 is 0 Å². The number of aryl methyl sites for hydroxylation is 2. The van der Waals surface area contributed by atoms with Crippen molar-refractivity contribution in [3.63, 3.8) is 0 Å². The van der Waals surface area contributed by atoms with Gasteiger partial charge in [0.05, 0.1) is 0 Å². The van der Waals surface area contributed by atoms with Crippen LogP contribution in [0.25, 0.3) is 21.8 Å². The van der Waals surface area contributed by atoms with E-state index in [4.69, 9.17) is 0 Å². The van der Waals surface area contributed by atoms with Gasteiger partial charge in [0.1, 0.15) is 11.6 Å². The zero-order chi connectivity index (χ0) is 34.1. The van der Waals surface area contributed by atoms with Gasteiger partial charge in [-0.25, -0.2) is 0 Å². The summed E-state index contributed by atoms with van der Waals surface area (Å²) < 4.78 is 4.86. The first-order valence-electron chi connectivity index (χ1n) is 17.9. The van der Waals surface area contributed by atoms with Gasteiger partial charge in [-0.05, 0) is 129 Å². The van der Waals surface area contributed by atoms with Crippen molar-refractivity contribution < 1.29 is 0 Å². The van der Waals surface area contributed by atoms with E-state index in [1.165, 1.54) is 92.6 Å². The maximum atomic E-state index is 2.51. The van der Waals surface area contributed by atoms with Gasteiger partial charge in [0.2, 0.25) is 0 Å². The summed E-state index contributed by atoms with van der Waals surface area (Å²) in [5.41, 5.74) is 12.0. The molecule has 5 aromatic rings. The van der Waals surface area contributed by atoms with E-state index in [1.54, 1.807) is 0 Å². The van der Waals surface area contributed by atoms with Crippen molar-refractivity contribution in [1.82, 2.24) is 9.13 Å². The van der Waals surface area contributed by atoms with Crippen LogP contribution in [-0.2, 0) is 41.2 Å². The molecule has 3 heteroatoms. The quantitative estimate of drug-likeness (QED) is 0.194. The zero-order valence-electron chi connectivity index (χ0n) is 31.4. The van der Waals surface area contributed by atoms with Crippen LogP contribution in [0.15, 0.2) is 60.7 Å². The van der Waals surface area contributed by atoms with E-state index >= 15 is 0 Å². The van der Waals surface area contributed by atoms with Crippen molar-refractivity contribution >= 4 is 39.1 Å². The summed E-state index contributed by atoms with van der Waals surface area (Å²) >= 11 is 0. The lowest BCUT2D eigenvalue weighted by atomic mass is 9.63. The lowest BCUT2D eigenvalue weighted by molar-refractivity contribution is 0.332. The monoisotopic (exact) mass is 627 g/mol. The van der Waals surface area contributed by atoms with Crippen molar-refractivity contribution in [3.8, 4) is 0 Å². The first-order valence-corrected chi connectivity index (χ1v) is 17.9. The molecule has 248 valence electrons. The molecule has 0 N–H and O–H groups in total. The van der Waals surface area contributed by atoms with Gasteiger partial charge in [0.25, 0.3) is 0 Å². The van der Waals surface area contributed by atoms with Crippen molar-refractivity contribution in [1.29, 1.82) is 0 Å². The Morgan fingerprint density at radius 2 is 0.851 bits per heavy atom. The molecular weight excluding hydrogens is 571 g/mol. The first-order chi connectivity index (χ1) is 21.7. The number of anilines is 3. The maximum Gasteiger partial charge on any atom is 0.119 e. The molecule has 0 aliphatic heterocycles. The second kappa shape index (κ2) is 10.0. The molecule has 0 atom stereocenters. The van der Waals surface area contributed by atoms with E-state index < -0.39 is 0 Å². The van der Waals surface area contributed by atoms with Gasteiger partial charge in [0.15, 0.2) is 0 Å². The van der Waals surface area contributed by atoms with Gasteiger partial charge in [0, 0.05) is 41.6 Å². The largest absolute Gasteiger partial charge is 0.330 e. The molecule has 0 spiro atoms. The normalized spacial score (nSPS) is 19.5. The Morgan fingerprint density at radius 3 is 1.19 bits per heavy atom. The van der Waals surface area contributed by atoms with Crippen molar-refractivity contribution in [3.05, 3.63) is 88.5 Å². The molecular formula is C44H57N3. The highest BCUT2D eigenvalue weighted by molar-refractivity contribution is 5.94. The lowest BCUT2D eigenvalue weighted by Crippen LogP contribution is -2.33. The minimum atomic E-state index is 0.0972. The third-order valence-electron chi connectivity index (χ3n) is 12.4. The molecule has 2 aliphatic carbocycles. The Balaban J connectivity index is 1.48. The molecule has 0 amide bonds. The second-order valence-electron chi connectivity index (χ2n) is 18.7. The zero-order valence-corrected chi connectivity index (χ0v) is 31.4. The van der Waals surface area contributed by atoms with Crippen LogP contribution in [0.4, 0.5) is 17.3 Å². The predicted octanol–water partition coefficient (Wildman–Crippen LogP) is 12.1. The smallest absolute Gasteiger partial charge is 0.119 e. The Bertz CT molecular complexity index is 1910. The van der Waals surface area contributed by atoms with Crippen LogP contribution in [0.1, 0.15) is 130 Å². The summed E-state index contributed by atoms with van der Waals surface area (Å²) in [6.07, 6.45) is 4.88. The summed E-state index contributed by atoms with van der Waals surface area (Å²) in [7, 11) is 4.52. The highest BCUT2D eigenvalue weighted by atomic mass is 15.3. The second-order valence-corrected chi connectivity index (χ2v) is 18.7. The van der Waals surface area contributed by atoms with Gasteiger partial charge in [-0.2, -0.15) is 0 Å².